The Kier molecular flexibility index (Phi) is 8.05. The summed E-state index contributed by atoms with van der Waals surface area (Å²) in [6, 6.07) is 4.36. The highest BCUT2D eigenvalue weighted by atomic mass is 16.6. The highest BCUT2D eigenvalue weighted by molar-refractivity contribution is 5.98. The summed E-state index contributed by atoms with van der Waals surface area (Å²) >= 11 is 0. The fourth-order valence-corrected chi connectivity index (χ4v) is 1.88. The van der Waals surface area contributed by atoms with Crippen molar-refractivity contribution in [2.45, 2.75) is 33.3 Å². The molecule has 8 nitrogen and oxygen atoms in total. The summed E-state index contributed by atoms with van der Waals surface area (Å²) < 4.78 is 20.7. The highest BCUT2D eigenvalue weighted by Crippen LogP contribution is 2.29. The van der Waals surface area contributed by atoms with Crippen molar-refractivity contribution in [1.82, 2.24) is 0 Å². The van der Waals surface area contributed by atoms with Gasteiger partial charge in [-0.3, -0.25) is 4.79 Å². The van der Waals surface area contributed by atoms with Crippen LogP contribution in [0.4, 0.5) is 0 Å². The van der Waals surface area contributed by atoms with E-state index in [2.05, 4.69) is 0 Å². The van der Waals surface area contributed by atoms with Crippen molar-refractivity contribution in [2.75, 3.05) is 26.4 Å². The normalized spacial score (nSPS) is 10.8. The summed E-state index contributed by atoms with van der Waals surface area (Å²) in [5, 5.41) is 0. The number of hydrogen-bond acceptors (Lipinski definition) is 8. The molecule has 0 radical (unpaired) electrons. The molecule has 0 aromatic heterocycles. The smallest absolute Gasteiger partial charge is 0.344 e. The molecule has 26 heavy (non-hydrogen) atoms. The predicted octanol–water partition coefficient (Wildman–Crippen LogP) is 1.49. The number of benzene rings is 1. The van der Waals surface area contributed by atoms with E-state index in [1.54, 1.807) is 27.7 Å². The van der Waals surface area contributed by atoms with Crippen LogP contribution in [0.2, 0.25) is 0 Å². The van der Waals surface area contributed by atoms with Crippen LogP contribution in [-0.4, -0.2) is 49.7 Å². The Morgan fingerprint density at radius 2 is 1.62 bits per heavy atom. The molecule has 1 aromatic rings. The second-order valence-corrected chi connectivity index (χ2v) is 6.26. The number of ether oxygens (including phenoxy) is 4. The average Bonchev–Trinajstić information content (AvgIpc) is 2.56. The third-order valence-electron chi connectivity index (χ3n) is 2.87. The Morgan fingerprint density at radius 1 is 1.00 bits per heavy atom. The Balaban J connectivity index is 2.89. The molecule has 1 aromatic carbocycles. The van der Waals surface area contributed by atoms with Gasteiger partial charge in [-0.25, -0.2) is 9.59 Å². The van der Waals surface area contributed by atoms with Gasteiger partial charge in [-0.1, -0.05) is 0 Å². The summed E-state index contributed by atoms with van der Waals surface area (Å²) in [5.41, 5.74) is 5.02. The number of nitrogens with two attached hydrogens (primary N) is 1. The Labute approximate surface area is 152 Å². The maximum absolute atomic E-state index is 11.8. The maximum atomic E-state index is 11.8. The van der Waals surface area contributed by atoms with E-state index in [9.17, 15) is 14.4 Å². The summed E-state index contributed by atoms with van der Waals surface area (Å²) in [5.74, 6) is -1.11. The molecule has 0 bridgehead atoms. The summed E-state index contributed by atoms with van der Waals surface area (Å²) in [7, 11) is 0. The third kappa shape index (κ3) is 7.52. The van der Waals surface area contributed by atoms with Crippen molar-refractivity contribution in [3.8, 4) is 11.5 Å². The van der Waals surface area contributed by atoms with Crippen LogP contribution < -0.4 is 15.2 Å². The molecule has 8 heteroatoms. The van der Waals surface area contributed by atoms with Crippen LogP contribution in [0.15, 0.2) is 18.2 Å². The molecule has 144 valence electrons. The van der Waals surface area contributed by atoms with E-state index >= 15 is 0 Å². The van der Waals surface area contributed by atoms with E-state index in [4.69, 9.17) is 24.7 Å². The van der Waals surface area contributed by atoms with E-state index in [0.717, 1.165) is 0 Å². The number of esters is 2. The van der Waals surface area contributed by atoms with Gasteiger partial charge in [0.15, 0.2) is 30.5 Å². The number of rotatable bonds is 9. The largest absolute Gasteiger partial charge is 0.478 e. The molecule has 0 amide bonds. The van der Waals surface area contributed by atoms with Crippen molar-refractivity contribution < 1.29 is 33.3 Å². The van der Waals surface area contributed by atoms with Gasteiger partial charge in [0, 0.05) is 5.56 Å². The summed E-state index contributed by atoms with van der Waals surface area (Å²) in [4.78, 5) is 35.0. The number of ketones is 1. The predicted molar refractivity (Wildman–Crippen MR) is 93.3 cm³/mol. The molecule has 0 spiro atoms. The van der Waals surface area contributed by atoms with Gasteiger partial charge in [0.2, 0.25) is 0 Å². The third-order valence-corrected chi connectivity index (χ3v) is 2.87. The van der Waals surface area contributed by atoms with Gasteiger partial charge in [0.05, 0.1) is 13.2 Å². The summed E-state index contributed by atoms with van der Waals surface area (Å²) in [6.07, 6.45) is 0. The zero-order chi connectivity index (χ0) is 19.7. The molecular formula is C18H25NO7. The average molecular weight is 367 g/mol. The zero-order valence-electron chi connectivity index (χ0n) is 15.5. The number of hydrogen-bond donors (Lipinski definition) is 1. The molecular weight excluding hydrogens is 342 g/mol. The van der Waals surface area contributed by atoms with E-state index in [1.807, 2.05) is 0 Å². The lowest BCUT2D eigenvalue weighted by Gasteiger charge is -2.20. The van der Waals surface area contributed by atoms with E-state index in [-0.39, 0.29) is 43.6 Å². The fourth-order valence-electron chi connectivity index (χ4n) is 1.88. The first-order valence-electron chi connectivity index (χ1n) is 8.16. The second-order valence-electron chi connectivity index (χ2n) is 6.26. The monoisotopic (exact) mass is 367 g/mol. The van der Waals surface area contributed by atoms with Gasteiger partial charge in [-0.2, -0.15) is 0 Å². The van der Waals surface area contributed by atoms with Crippen molar-refractivity contribution >= 4 is 17.7 Å². The number of carbonyl (C=O) groups excluding carboxylic acids is 3. The van der Waals surface area contributed by atoms with E-state index < -0.39 is 17.5 Å². The molecule has 0 fully saturated rings. The molecule has 0 unspecified atom stereocenters. The standard InChI is InChI=1S/C18H25NO7/c1-5-23-16(21)10-25-15-8-12(13(20)9-19)6-7-14(15)24-11-17(22)26-18(2,3)4/h6-8H,5,9-11,19H2,1-4H3. The lowest BCUT2D eigenvalue weighted by molar-refractivity contribution is -0.157. The minimum absolute atomic E-state index is 0.126. The lowest BCUT2D eigenvalue weighted by atomic mass is 10.1. The molecule has 1 rings (SSSR count). The molecule has 0 saturated heterocycles. The Morgan fingerprint density at radius 3 is 2.19 bits per heavy atom. The van der Waals surface area contributed by atoms with Crippen molar-refractivity contribution in [2.24, 2.45) is 5.73 Å². The number of carbonyl (C=O) groups is 3. The zero-order valence-corrected chi connectivity index (χ0v) is 15.5. The van der Waals surface area contributed by atoms with Gasteiger partial charge in [-0.15, -0.1) is 0 Å². The van der Waals surface area contributed by atoms with E-state index in [0.29, 0.717) is 5.56 Å². The first kappa shape index (κ1) is 21.4. The topological polar surface area (TPSA) is 114 Å². The second kappa shape index (κ2) is 9.76. The Bertz CT molecular complexity index is 649. The van der Waals surface area contributed by atoms with Crippen LogP contribution >= 0.6 is 0 Å². The van der Waals surface area contributed by atoms with Crippen LogP contribution in [0.25, 0.3) is 0 Å². The van der Waals surface area contributed by atoms with Crippen LogP contribution in [0.3, 0.4) is 0 Å². The molecule has 0 aliphatic carbocycles. The molecule has 0 atom stereocenters. The van der Waals surface area contributed by atoms with Gasteiger partial charge in [0.25, 0.3) is 0 Å². The van der Waals surface area contributed by atoms with Crippen molar-refractivity contribution in [1.29, 1.82) is 0 Å². The first-order chi connectivity index (χ1) is 12.2. The number of Topliss-reactive ketones (excluding diaryl/α,β-unsaturated/α-hetero) is 1. The van der Waals surface area contributed by atoms with Crippen molar-refractivity contribution in [3.63, 3.8) is 0 Å². The fraction of sp³-hybridized carbons (Fsp3) is 0.500. The van der Waals surface area contributed by atoms with Gasteiger partial charge < -0.3 is 24.7 Å². The first-order valence-corrected chi connectivity index (χ1v) is 8.16. The van der Waals surface area contributed by atoms with Gasteiger partial charge >= 0.3 is 11.9 Å². The summed E-state index contributed by atoms with van der Waals surface area (Å²) in [6.45, 7) is 6.23. The van der Waals surface area contributed by atoms with Crippen molar-refractivity contribution in [3.05, 3.63) is 23.8 Å². The molecule has 0 aliphatic rings. The quantitative estimate of drug-likeness (QED) is 0.516. The maximum Gasteiger partial charge on any atom is 0.344 e. The highest BCUT2D eigenvalue weighted by Gasteiger charge is 2.18. The minimum Gasteiger partial charge on any atom is -0.478 e. The Hall–Kier alpha value is -2.61. The lowest BCUT2D eigenvalue weighted by Crippen LogP contribution is -2.27. The molecule has 0 heterocycles. The molecule has 2 N–H and O–H groups in total. The van der Waals surface area contributed by atoms with Crippen LogP contribution in [-0.2, 0) is 19.1 Å². The van der Waals surface area contributed by atoms with Crippen LogP contribution in [0.1, 0.15) is 38.1 Å². The molecule has 0 saturated carbocycles. The van der Waals surface area contributed by atoms with Crippen LogP contribution in [0.5, 0.6) is 11.5 Å². The van der Waals surface area contributed by atoms with Gasteiger partial charge in [0.1, 0.15) is 5.60 Å². The van der Waals surface area contributed by atoms with Crippen LogP contribution in [0, 0.1) is 0 Å². The minimum atomic E-state index is -0.638. The van der Waals surface area contributed by atoms with E-state index in [1.165, 1.54) is 18.2 Å². The van der Waals surface area contributed by atoms with Gasteiger partial charge in [-0.05, 0) is 45.9 Å². The SMILES string of the molecule is CCOC(=O)COc1cc(C(=O)CN)ccc1OCC(=O)OC(C)(C)C. The molecule has 0 aliphatic heterocycles.